The quantitative estimate of drug-likeness (QED) is 0.637. The Labute approximate surface area is 123 Å². The summed E-state index contributed by atoms with van der Waals surface area (Å²) in [5.74, 6) is 0. The van der Waals surface area contributed by atoms with Crippen LogP contribution in [0.25, 0.3) is 17.2 Å². The maximum atomic E-state index is 3.93. The molecule has 0 amide bonds. The first-order valence-corrected chi connectivity index (χ1v) is 10.8. The van der Waals surface area contributed by atoms with E-state index in [4.69, 9.17) is 0 Å². The van der Waals surface area contributed by atoms with E-state index in [0.29, 0.717) is 0 Å². The molecule has 0 bridgehead atoms. The van der Waals surface area contributed by atoms with E-state index < -0.39 is 8.07 Å². The van der Waals surface area contributed by atoms with Gasteiger partial charge in [-0.3, -0.25) is 0 Å². The van der Waals surface area contributed by atoms with Crippen molar-refractivity contribution in [2.75, 3.05) is 0 Å². The van der Waals surface area contributed by atoms with Gasteiger partial charge in [0.2, 0.25) is 0 Å². The van der Waals surface area contributed by atoms with Crippen molar-refractivity contribution < 1.29 is 0 Å². The molecule has 2 aromatic rings. The van der Waals surface area contributed by atoms with Crippen LogP contribution in [0, 0.1) is 0 Å². The van der Waals surface area contributed by atoms with E-state index in [1.165, 1.54) is 27.8 Å². The standard InChI is InChI=1S/C19H22Si/c1-6-14-11-12-16-15-9-7-8-10-17(15)19(2,18(16)13-14)20(3,4)5/h6-13H,1H2,2-5H3. The molecule has 1 unspecified atom stereocenters. The van der Waals surface area contributed by atoms with Gasteiger partial charge in [0.05, 0.1) is 8.07 Å². The smallest absolute Gasteiger partial charge is 0.0609 e. The molecule has 3 rings (SSSR count). The molecule has 20 heavy (non-hydrogen) atoms. The molecule has 0 fully saturated rings. The average Bonchev–Trinajstić information content (AvgIpc) is 2.70. The maximum absolute atomic E-state index is 3.93. The van der Waals surface area contributed by atoms with Gasteiger partial charge in [-0.1, -0.05) is 81.7 Å². The minimum absolute atomic E-state index is 0.179. The van der Waals surface area contributed by atoms with Gasteiger partial charge < -0.3 is 0 Å². The van der Waals surface area contributed by atoms with E-state index in [1.54, 1.807) is 0 Å². The minimum Gasteiger partial charge on any atom is -0.0985 e. The first kappa shape index (κ1) is 13.4. The molecule has 0 aliphatic heterocycles. The largest absolute Gasteiger partial charge is 0.0985 e. The third kappa shape index (κ3) is 1.59. The molecular formula is C19H22Si. The topological polar surface area (TPSA) is 0 Å². The van der Waals surface area contributed by atoms with Crippen molar-refractivity contribution in [2.45, 2.75) is 31.6 Å². The summed E-state index contributed by atoms with van der Waals surface area (Å²) >= 11 is 0. The lowest BCUT2D eigenvalue weighted by atomic mass is 9.96. The van der Waals surface area contributed by atoms with Gasteiger partial charge in [0.1, 0.15) is 0 Å². The molecule has 0 N–H and O–H groups in total. The zero-order chi connectivity index (χ0) is 14.5. The fraction of sp³-hybridized carbons (Fsp3) is 0.263. The van der Waals surface area contributed by atoms with Crippen molar-refractivity contribution in [3.63, 3.8) is 0 Å². The molecule has 1 aliphatic rings. The highest BCUT2D eigenvalue weighted by atomic mass is 28.3. The molecule has 0 aromatic heterocycles. The van der Waals surface area contributed by atoms with Crippen LogP contribution in [-0.4, -0.2) is 8.07 Å². The van der Waals surface area contributed by atoms with Gasteiger partial charge in [-0.2, -0.15) is 0 Å². The molecule has 1 atom stereocenters. The molecule has 0 radical (unpaired) electrons. The molecular weight excluding hydrogens is 256 g/mol. The Morgan fingerprint density at radius 1 is 0.950 bits per heavy atom. The van der Waals surface area contributed by atoms with Crippen LogP contribution in [0.1, 0.15) is 23.6 Å². The van der Waals surface area contributed by atoms with Crippen molar-refractivity contribution in [1.29, 1.82) is 0 Å². The Bertz CT molecular complexity index is 691. The second-order valence-corrected chi connectivity index (χ2v) is 12.4. The highest BCUT2D eigenvalue weighted by Crippen LogP contribution is 2.53. The lowest BCUT2D eigenvalue weighted by Crippen LogP contribution is -2.46. The molecule has 0 saturated heterocycles. The third-order valence-electron chi connectivity index (χ3n) is 5.07. The predicted octanol–water partition coefficient (Wildman–Crippen LogP) is 5.49. The van der Waals surface area contributed by atoms with Crippen molar-refractivity contribution in [3.05, 3.63) is 65.7 Å². The first-order chi connectivity index (χ1) is 9.39. The third-order valence-corrected chi connectivity index (χ3v) is 8.61. The van der Waals surface area contributed by atoms with Crippen molar-refractivity contribution in [2.24, 2.45) is 0 Å². The van der Waals surface area contributed by atoms with Crippen LogP contribution in [-0.2, 0) is 5.04 Å². The average molecular weight is 278 g/mol. The predicted molar refractivity (Wildman–Crippen MR) is 91.8 cm³/mol. The maximum Gasteiger partial charge on any atom is 0.0609 e. The second kappa shape index (κ2) is 4.19. The summed E-state index contributed by atoms with van der Waals surface area (Å²) in [6.45, 7) is 13.8. The molecule has 0 nitrogen and oxygen atoms in total. The summed E-state index contributed by atoms with van der Waals surface area (Å²) in [5, 5.41) is 0.179. The number of benzene rings is 2. The Morgan fingerprint density at radius 2 is 1.60 bits per heavy atom. The van der Waals surface area contributed by atoms with E-state index in [9.17, 15) is 0 Å². The van der Waals surface area contributed by atoms with Gasteiger partial charge >= 0.3 is 0 Å². The SMILES string of the molecule is C=Cc1ccc2c(c1)C(C)([Si](C)(C)C)c1ccccc1-2. The molecule has 0 heterocycles. The molecule has 1 aliphatic carbocycles. The molecule has 102 valence electrons. The van der Waals surface area contributed by atoms with Gasteiger partial charge in [0, 0.05) is 5.04 Å². The minimum atomic E-state index is -1.42. The van der Waals surface area contributed by atoms with Gasteiger partial charge in [0.15, 0.2) is 0 Å². The van der Waals surface area contributed by atoms with Crippen molar-refractivity contribution in [3.8, 4) is 11.1 Å². The van der Waals surface area contributed by atoms with Crippen molar-refractivity contribution >= 4 is 14.1 Å². The monoisotopic (exact) mass is 278 g/mol. The van der Waals surface area contributed by atoms with Gasteiger partial charge in [0.25, 0.3) is 0 Å². The second-order valence-electron chi connectivity index (χ2n) is 6.93. The molecule has 0 saturated carbocycles. The summed E-state index contributed by atoms with van der Waals surface area (Å²) in [6.07, 6.45) is 1.95. The zero-order valence-electron chi connectivity index (χ0n) is 12.8. The summed E-state index contributed by atoms with van der Waals surface area (Å²) in [6, 6.07) is 15.7. The van der Waals surface area contributed by atoms with Crippen LogP contribution in [0.3, 0.4) is 0 Å². The Kier molecular flexibility index (Phi) is 2.81. The summed E-state index contributed by atoms with van der Waals surface area (Å²) in [4.78, 5) is 0. The van der Waals surface area contributed by atoms with Crippen LogP contribution < -0.4 is 0 Å². The van der Waals surface area contributed by atoms with Crippen LogP contribution in [0.4, 0.5) is 0 Å². The lowest BCUT2D eigenvalue weighted by molar-refractivity contribution is 0.799. The summed E-state index contributed by atoms with van der Waals surface area (Å²) < 4.78 is 0. The summed E-state index contributed by atoms with van der Waals surface area (Å²) in [5.41, 5.74) is 7.06. The fourth-order valence-electron chi connectivity index (χ4n) is 3.44. The first-order valence-electron chi connectivity index (χ1n) is 7.26. The van der Waals surface area contributed by atoms with Crippen LogP contribution in [0.15, 0.2) is 49.0 Å². The zero-order valence-corrected chi connectivity index (χ0v) is 13.8. The van der Waals surface area contributed by atoms with Gasteiger partial charge in [-0.25, -0.2) is 0 Å². The van der Waals surface area contributed by atoms with Crippen molar-refractivity contribution in [1.82, 2.24) is 0 Å². The number of hydrogen-bond acceptors (Lipinski definition) is 0. The van der Waals surface area contributed by atoms with Crippen LogP contribution >= 0.6 is 0 Å². The van der Waals surface area contributed by atoms with Crippen LogP contribution in [0.5, 0.6) is 0 Å². The Morgan fingerprint density at radius 3 is 2.25 bits per heavy atom. The highest BCUT2D eigenvalue weighted by Gasteiger charge is 2.48. The molecule has 1 heteroatoms. The highest BCUT2D eigenvalue weighted by molar-refractivity contribution is 6.80. The van der Waals surface area contributed by atoms with E-state index >= 15 is 0 Å². The van der Waals surface area contributed by atoms with E-state index in [0.717, 1.165) is 0 Å². The van der Waals surface area contributed by atoms with E-state index in [-0.39, 0.29) is 5.04 Å². The number of hydrogen-bond donors (Lipinski definition) is 0. The van der Waals surface area contributed by atoms with Gasteiger partial charge in [-0.15, -0.1) is 0 Å². The van der Waals surface area contributed by atoms with E-state index in [1.807, 2.05) is 6.08 Å². The fourth-order valence-corrected chi connectivity index (χ4v) is 5.49. The number of rotatable bonds is 2. The van der Waals surface area contributed by atoms with Gasteiger partial charge in [-0.05, 0) is 27.8 Å². The van der Waals surface area contributed by atoms with E-state index in [2.05, 4.69) is 75.6 Å². The number of fused-ring (bicyclic) bond motifs is 3. The Balaban J connectivity index is 2.40. The Hall–Kier alpha value is -1.60. The normalized spacial score (nSPS) is 20.4. The summed E-state index contributed by atoms with van der Waals surface area (Å²) in [7, 11) is -1.42. The molecule has 0 spiro atoms. The molecule has 2 aromatic carbocycles. The lowest BCUT2D eigenvalue weighted by Gasteiger charge is -2.39. The van der Waals surface area contributed by atoms with Crippen LogP contribution in [0.2, 0.25) is 19.6 Å².